The van der Waals surface area contributed by atoms with Gasteiger partial charge in [-0.3, -0.25) is 38.7 Å². The van der Waals surface area contributed by atoms with Crippen LogP contribution in [-0.4, -0.2) is 163 Å². The topological polar surface area (TPSA) is 160 Å². The molecule has 0 unspecified atom stereocenters. The van der Waals surface area contributed by atoms with Crippen LogP contribution in [0.1, 0.15) is 137 Å². The van der Waals surface area contributed by atoms with Crippen molar-refractivity contribution in [1.82, 2.24) is 14.7 Å². The molecule has 3 fully saturated rings. The summed E-state index contributed by atoms with van der Waals surface area (Å²) >= 11 is 0. The number of esters is 5. The number of hydrogen-bond acceptors (Lipinski definition) is 15. The molecule has 0 aromatic rings. The van der Waals surface area contributed by atoms with E-state index in [-0.39, 0.29) is 55.6 Å². The monoisotopic (exact) mass is 858 g/mol. The molecule has 2 aliphatic heterocycles. The molecule has 0 aromatic heterocycles. The Hall–Kier alpha value is -2.85. The fourth-order valence-electron chi connectivity index (χ4n) is 6.64. The first kappa shape index (κ1) is 55.2. The second kappa shape index (κ2) is 39.0. The van der Waals surface area contributed by atoms with Crippen molar-refractivity contribution in [1.29, 1.82) is 0 Å². The van der Waals surface area contributed by atoms with E-state index in [0.717, 1.165) is 111 Å². The Kier molecular flexibility index (Phi) is 35.9. The van der Waals surface area contributed by atoms with E-state index in [9.17, 15) is 24.0 Å². The summed E-state index contributed by atoms with van der Waals surface area (Å²) in [6.45, 7) is 20.0. The quantitative estimate of drug-likeness (QED) is 0.0513. The highest BCUT2D eigenvalue weighted by Crippen LogP contribution is 2.24. The van der Waals surface area contributed by atoms with Gasteiger partial charge in [-0.1, -0.05) is 72.6 Å². The van der Waals surface area contributed by atoms with E-state index in [1.807, 2.05) is 25.7 Å². The molecule has 0 N–H and O–H groups in total. The highest BCUT2D eigenvalue weighted by atomic mass is 16.6. The lowest BCUT2D eigenvalue weighted by atomic mass is 9.89. The number of morpholine rings is 2. The van der Waals surface area contributed by atoms with Crippen LogP contribution in [0.3, 0.4) is 0 Å². The number of rotatable bonds is 28. The molecule has 1 aliphatic carbocycles. The molecule has 2 saturated heterocycles. The van der Waals surface area contributed by atoms with Crippen LogP contribution in [0.4, 0.5) is 0 Å². The van der Waals surface area contributed by atoms with Gasteiger partial charge in [0.1, 0.15) is 33.0 Å². The molecule has 0 radical (unpaired) electrons. The first-order chi connectivity index (χ1) is 29.2. The second-order valence-corrected chi connectivity index (χ2v) is 15.5. The number of unbranched alkanes of at least 4 members (excludes halogenated alkanes) is 4. The van der Waals surface area contributed by atoms with Crippen LogP contribution in [0.25, 0.3) is 0 Å². The van der Waals surface area contributed by atoms with Crippen molar-refractivity contribution >= 4 is 29.8 Å². The molecule has 60 heavy (non-hydrogen) atoms. The minimum atomic E-state index is -0.216. The number of hydrogen-bond donors (Lipinski definition) is 0. The van der Waals surface area contributed by atoms with Gasteiger partial charge < -0.3 is 33.2 Å². The van der Waals surface area contributed by atoms with E-state index in [0.29, 0.717) is 58.5 Å². The maximum atomic E-state index is 11.8. The van der Waals surface area contributed by atoms with Gasteiger partial charge in [0.2, 0.25) is 0 Å². The van der Waals surface area contributed by atoms with Crippen molar-refractivity contribution in [2.45, 2.75) is 137 Å². The first-order valence-electron chi connectivity index (χ1n) is 23.3. The summed E-state index contributed by atoms with van der Waals surface area (Å²) < 4.78 is 36.6. The smallest absolute Gasteiger partial charge is 0.308 e. The second-order valence-electron chi connectivity index (χ2n) is 15.5. The molecule has 1 saturated carbocycles. The zero-order chi connectivity index (χ0) is 43.9. The SMILES string of the molecule is CCCC(=O)OCCN(CCOC(=O)CCC)CCOC(=O)CCC.CCCCCCCC(=O)OCCN1CCOCC1.O=C(OCCN1CCOCC1)C1CCCCC1. The van der Waals surface area contributed by atoms with E-state index in [2.05, 4.69) is 16.7 Å². The Bertz CT molecular complexity index is 1040. The number of nitrogens with zero attached hydrogens (tertiary/aromatic N) is 3. The molecule has 350 valence electrons. The average molecular weight is 858 g/mol. The molecular weight excluding hydrogens is 775 g/mol. The van der Waals surface area contributed by atoms with Gasteiger partial charge in [-0.25, -0.2) is 0 Å². The van der Waals surface area contributed by atoms with Gasteiger partial charge in [0, 0.05) is 84.6 Å². The predicted octanol–water partition coefficient (Wildman–Crippen LogP) is 5.98. The summed E-state index contributed by atoms with van der Waals surface area (Å²) in [5, 5.41) is 0. The van der Waals surface area contributed by atoms with Crippen molar-refractivity contribution in [3.05, 3.63) is 0 Å². The van der Waals surface area contributed by atoms with Gasteiger partial charge in [-0.05, 0) is 38.5 Å². The largest absolute Gasteiger partial charge is 0.464 e. The van der Waals surface area contributed by atoms with Crippen molar-refractivity contribution in [3.8, 4) is 0 Å². The van der Waals surface area contributed by atoms with Crippen LogP contribution >= 0.6 is 0 Å². The van der Waals surface area contributed by atoms with E-state index in [4.69, 9.17) is 33.2 Å². The third kappa shape index (κ3) is 31.9. The summed E-state index contributed by atoms with van der Waals surface area (Å²) in [4.78, 5) is 63.9. The van der Waals surface area contributed by atoms with Gasteiger partial charge in [0.05, 0.1) is 32.3 Å². The molecule has 2 heterocycles. The maximum Gasteiger partial charge on any atom is 0.308 e. The molecule has 0 amide bonds. The summed E-state index contributed by atoms with van der Waals surface area (Å²) in [5.41, 5.74) is 0. The molecule has 15 nitrogen and oxygen atoms in total. The number of carbonyl (C=O) groups is 5. The summed E-state index contributed by atoms with van der Waals surface area (Å²) in [7, 11) is 0. The van der Waals surface area contributed by atoms with Crippen LogP contribution in [0, 0.1) is 5.92 Å². The van der Waals surface area contributed by atoms with Crippen LogP contribution in [0.2, 0.25) is 0 Å². The van der Waals surface area contributed by atoms with Gasteiger partial charge in [0.25, 0.3) is 0 Å². The molecule has 0 bridgehead atoms. The van der Waals surface area contributed by atoms with E-state index >= 15 is 0 Å². The van der Waals surface area contributed by atoms with Gasteiger partial charge in [-0.15, -0.1) is 0 Å². The van der Waals surface area contributed by atoms with Crippen LogP contribution in [0.15, 0.2) is 0 Å². The van der Waals surface area contributed by atoms with Crippen LogP contribution < -0.4 is 0 Å². The van der Waals surface area contributed by atoms with Crippen molar-refractivity contribution in [2.75, 3.05) is 118 Å². The van der Waals surface area contributed by atoms with Gasteiger partial charge in [-0.2, -0.15) is 0 Å². The summed E-state index contributed by atoms with van der Waals surface area (Å²) in [5.74, 6) is -0.491. The third-order valence-corrected chi connectivity index (χ3v) is 10.3. The standard InChI is InChI=1S/C18H33NO6.C14H27NO3.C13H23NO3/c1-4-7-16(20)23-13-10-19(11-14-24-17(21)8-5-2)12-15-25-18(22)9-6-3;1-2-3-4-5-6-7-14(16)18-13-10-15-8-11-17-12-9-15;15-13(12-4-2-1-3-5-12)17-11-8-14-6-9-16-10-7-14/h4-15H2,1-3H3;2-13H2,1H3;12H,1-11H2. The molecule has 0 atom stereocenters. The molecule has 0 aromatic carbocycles. The first-order valence-corrected chi connectivity index (χ1v) is 23.3. The fraction of sp³-hybridized carbons (Fsp3) is 0.889. The zero-order valence-electron chi connectivity index (χ0n) is 38.1. The minimum Gasteiger partial charge on any atom is -0.464 e. The lowest BCUT2D eigenvalue weighted by Gasteiger charge is -2.26. The van der Waals surface area contributed by atoms with E-state index in [1.54, 1.807) is 0 Å². The predicted molar refractivity (Wildman–Crippen MR) is 230 cm³/mol. The molecule has 0 spiro atoms. The highest BCUT2D eigenvalue weighted by Gasteiger charge is 2.22. The highest BCUT2D eigenvalue weighted by molar-refractivity contribution is 5.72. The van der Waals surface area contributed by atoms with Crippen LogP contribution in [0.5, 0.6) is 0 Å². The minimum absolute atomic E-state index is 0.0259. The lowest BCUT2D eigenvalue weighted by molar-refractivity contribution is -0.150. The van der Waals surface area contributed by atoms with Crippen molar-refractivity contribution in [2.24, 2.45) is 5.92 Å². The molecular formula is C45H83N3O12. The average Bonchev–Trinajstić information content (AvgIpc) is 3.25. The van der Waals surface area contributed by atoms with E-state index < -0.39 is 0 Å². The maximum absolute atomic E-state index is 11.8. The van der Waals surface area contributed by atoms with Crippen molar-refractivity contribution < 1.29 is 57.1 Å². The lowest BCUT2D eigenvalue weighted by Crippen LogP contribution is -2.38. The molecule has 3 rings (SSSR count). The third-order valence-electron chi connectivity index (χ3n) is 10.3. The Morgan fingerprint density at radius 2 is 0.883 bits per heavy atom. The van der Waals surface area contributed by atoms with E-state index in [1.165, 1.54) is 38.5 Å². The Labute approximate surface area is 362 Å². The Morgan fingerprint density at radius 3 is 1.32 bits per heavy atom. The Morgan fingerprint density at radius 1 is 0.483 bits per heavy atom. The van der Waals surface area contributed by atoms with Crippen molar-refractivity contribution in [3.63, 3.8) is 0 Å². The molecule has 15 heteroatoms. The van der Waals surface area contributed by atoms with Gasteiger partial charge in [0.15, 0.2) is 0 Å². The fourth-order valence-corrected chi connectivity index (χ4v) is 6.64. The number of carbonyl (C=O) groups excluding carboxylic acids is 5. The van der Waals surface area contributed by atoms with Gasteiger partial charge >= 0.3 is 29.8 Å². The summed E-state index contributed by atoms with van der Waals surface area (Å²) in [6.07, 6.45) is 15.6. The summed E-state index contributed by atoms with van der Waals surface area (Å²) in [6, 6.07) is 0. The number of ether oxygens (including phenoxy) is 7. The zero-order valence-corrected chi connectivity index (χ0v) is 38.1. The van der Waals surface area contributed by atoms with Crippen LogP contribution in [-0.2, 0) is 57.1 Å². The normalized spacial score (nSPS) is 16.1. The molecule has 3 aliphatic rings. The Balaban J connectivity index is 0.000000460.